The van der Waals surface area contributed by atoms with Gasteiger partial charge in [-0.1, -0.05) is 0 Å². The lowest BCUT2D eigenvalue weighted by Gasteiger charge is -2.05. The number of aromatic nitrogens is 1. The number of anilines is 1. The van der Waals surface area contributed by atoms with Crippen LogP contribution in [-0.4, -0.2) is 10.9 Å². The largest absolute Gasteiger partial charge is 0.325 e. The fourth-order valence-corrected chi connectivity index (χ4v) is 2.29. The van der Waals surface area contributed by atoms with E-state index in [2.05, 4.69) is 26.2 Å². The summed E-state index contributed by atoms with van der Waals surface area (Å²) in [7, 11) is 0. The Bertz CT molecular complexity index is 587. The first-order chi connectivity index (χ1) is 8.60. The molecule has 0 saturated carbocycles. The number of hydrogen-bond donors (Lipinski definition) is 2. The molecule has 0 saturated heterocycles. The van der Waals surface area contributed by atoms with Crippen LogP contribution in [0.4, 0.5) is 10.1 Å². The van der Waals surface area contributed by atoms with E-state index in [1.54, 1.807) is 5.38 Å². The Morgan fingerprint density at radius 3 is 3.00 bits per heavy atom. The minimum atomic E-state index is -0.422. The summed E-state index contributed by atoms with van der Waals surface area (Å²) in [5, 5.41) is 4.88. The Morgan fingerprint density at radius 1 is 1.56 bits per heavy atom. The fourth-order valence-electron chi connectivity index (χ4n) is 1.29. The standard InChI is InChI=1S/C11H9BrFN3OS/c12-7-2-1-6(13)3-8(7)16-11(17)9-5-18-10(4-14)15-9/h1-3,5H,4,14H2,(H,16,17). The number of nitrogens with two attached hydrogens (primary N) is 1. The lowest BCUT2D eigenvalue weighted by Crippen LogP contribution is -2.13. The van der Waals surface area contributed by atoms with Crippen LogP contribution in [0.15, 0.2) is 28.1 Å². The van der Waals surface area contributed by atoms with Gasteiger partial charge in [-0.2, -0.15) is 0 Å². The molecule has 1 aromatic carbocycles. The van der Waals surface area contributed by atoms with E-state index >= 15 is 0 Å². The van der Waals surface area contributed by atoms with Crippen molar-refractivity contribution < 1.29 is 9.18 Å². The number of hydrogen-bond acceptors (Lipinski definition) is 4. The van der Waals surface area contributed by atoms with Gasteiger partial charge in [0.2, 0.25) is 0 Å². The molecule has 1 heterocycles. The van der Waals surface area contributed by atoms with E-state index in [0.29, 0.717) is 21.7 Å². The van der Waals surface area contributed by atoms with E-state index in [4.69, 9.17) is 5.73 Å². The molecule has 0 aliphatic heterocycles. The zero-order valence-corrected chi connectivity index (χ0v) is 11.5. The minimum Gasteiger partial charge on any atom is -0.325 e. The van der Waals surface area contributed by atoms with Gasteiger partial charge in [-0.05, 0) is 34.1 Å². The predicted molar refractivity (Wildman–Crippen MR) is 72.1 cm³/mol. The number of carbonyl (C=O) groups excluding carboxylic acids is 1. The zero-order valence-electron chi connectivity index (χ0n) is 9.11. The number of halogens is 2. The molecule has 0 aliphatic rings. The van der Waals surface area contributed by atoms with Crippen LogP contribution in [0, 0.1) is 5.82 Å². The van der Waals surface area contributed by atoms with Crippen LogP contribution in [0.3, 0.4) is 0 Å². The van der Waals surface area contributed by atoms with Gasteiger partial charge >= 0.3 is 0 Å². The van der Waals surface area contributed by atoms with Crippen LogP contribution in [0.25, 0.3) is 0 Å². The van der Waals surface area contributed by atoms with Gasteiger partial charge in [-0.15, -0.1) is 11.3 Å². The Balaban J connectivity index is 2.18. The molecule has 0 aliphatic carbocycles. The molecule has 94 valence electrons. The zero-order chi connectivity index (χ0) is 13.1. The van der Waals surface area contributed by atoms with Crippen molar-refractivity contribution in [2.45, 2.75) is 6.54 Å². The third-order valence-electron chi connectivity index (χ3n) is 2.14. The van der Waals surface area contributed by atoms with E-state index in [1.807, 2.05) is 0 Å². The molecule has 0 atom stereocenters. The van der Waals surface area contributed by atoms with Crippen LogP contribution in [0.5, 0.6) is 0 Å². The number of amides is 1. The molecule has 0 fully saturated rings. The molecule has 1 aromatic heterocycles. The highest BCUT2D eigenvalue weighted by atomic mass is 79.9. The third kappa shape index (κ3) is 2.92. The maximum atomic E-state index is 13.1. The summed E-state index contributed by atoms with van der Waals surface area (Å²) in [5.41, 5.74) is 6.06. The normalized spacial score (nSPS) is 10.4. The quantitative estimate of drug-likeness (QED) is 0.909. The molecule has 0 spiro atoms. The summed E-state index contributed by atoms with van der Waals surface area (Å²) in [4.78, 5) is 15.9. The number of nitrogens with zero attached hydrogens (tertiary/aromatic N) is 1. The number of nitrogens with one attached hydrogen (secondary N) is 1. The van der Waals surface area contributed by atoms with E-state index in [0.717, 1.165) is 0 Å². The number of benzene rings is 1. The average Bonchev–Trinajstić information content (AvgIpc) is 2.82. The maximum Gasteiger partial charge on any atom is 0.275 e. The van der Waals surface area contributed by atoms with E-state index < -0.39 is 11.7 Å². The van der Waals surface area contributed by atoms with E-state index in [1.165, 1.54) is 29.5 Å². The number of thiazole rings is 1. The van der Waals surface area contributed by atoms with Crippen LogP contribution < -0.4 is 11.1 Å². The van der Waals surface area contributed by atoms with Gasteiger partial charge in [0.1, 0.15) is 16.5 Å². The summed E-state index contributed by atoms with van der Waals surface area (Å²) in [6.45, 7) is 0.293. The van der Waals surface area contributed by atoms with Crippen molar-refractivity contribution in [3.63, 3.8) is 0 Å². The van der Waals surface area contributed by atoms with Crippen molar-refractivity contribution in [1.82, 2.24) is 4.98 Å². The Labute approximate surface area is 115 Å². The second-order valence-electron chi connectivity index (χ2n) is 3.41. The molecule has 7 heteroatoms. The van der Waals surface area contributed by atoms with Gasteiger partial charge in [0, 0.05) is 16.4 Å². The van der Waals surface area contributed by atoms with Gasteiger partial charge in [0.25, 0.3) is 5.91 Å². The Morgan fingerprint density at radius 2 is 2.33 bits per heavy atom. The van der Waals surface area contributed by atoms with Crippen molar-refractivity contribution in [1.29, 1.82) is 0 Å². The summed E-state index contributed by atoms with van der Waals surface area (Å²) < 4.78 is 13.7. The average molecular weight is 330 g/mol. The second kappa shape index (κ2) is 5.55. The van der Waals surface area contributed by atoms with E-state index in [-0.39, 0.29) is 5.69 Å². The number of rotatable bonds is 3. The molecule has 0 unspecified atom stereocenters. The predicted octanol–water partition coefficient (Wildman–Crippen LogP) is 2.76. The van der Waals surface area contributed by atoms with Crippen LogP contribution in [-0.2, 0) is 6.54 Å². The van der Waals surface area contributed by atoms with Crippen molar-refractivity contribution in [2.75, 3.05) is 5.32 Å². The molecule has 0 bridgehead atoms. The lowest BCUT2D eigenvalue weighted by molar-refractivity contribution is 0.102. The van der Waals surface area contributed by atoms with Gasteiger partial charge in [-0.3, -0.25) is 4.79 Å². The van der Waals surface area contributed by atoms with Crippen molar-refractivity contribution in [3.8, 4) is 0 Å². The molecule has 2 aromatic rings. The monoisotopic (exact) mass is 329 g/mol. The number of carbonyl (C=O) groups is 1. The molecule has 3 N–H and O–H groups in total. The van der Waals surface area contributed by atoms with Crippen LogP contribution in [0.1, 0.15) is 15.5 Å². The highest BCUT2D eigenvalue weighted by molar-refractivity contribution is 9.10. The molecular formula is C11H9BrFN3OS. The summed E-state index contributed by atoms with van der Waals surface area (Å²) in [6, 6.07) is 4.06. The first-order valence-corrected chi connectivity index (χ1v) is 6.68. The van der Waals surface area contributed by atoms with Crippen LogP contribution >= 0.6 is 27.3 Å². The summed E-state index contributed by atoms with van der Waals surface area (Å²) >= 11 is 4.54. The highest BCUT2D eigenvalue weighted by Gasteiger charge is 2.12. The first-order valence-electron chi connectivity index (χ1n) is 5.01. The minimum absolute atomic E-state index is 0.275. The molecule has 4 nitrogen and oxygen atoms in total. The van der Waals surface area contributed by atoms with Crippen molar-refractivity contribution in [3.05, 3.63) is 44.6 Å². The van der Waals surface area contributed by atoms with Gasteiger partial charge in [0.05, 0.1) is 5.69 Å². The highest BCUT2D eigenvalue weighted by Crippen LogP contribution is 2.23. The van der Waals surface area contributed by atoms with Gasteiger partial charge in [0.15, 0.2) is 0 Å². The lowest BCUT2D eigenvalue weighted by atomic mass is 10.3. The first kappa shape index (κ1) is 13.1. The third-order valence-corrected chi connectivity index (χ3v) is 3.70. The topological polar surface area (TPSA) is 68.0 Å². The van der Waals surface area contributed by atoms with Gasteiger partial charge in [-0.25, -0.2) is 9.37 Å². The molecular weight excluding hydrogens is 321 g/mol. The molecule has 0 radical (unpaired) electrons. The molecule has 1 amide bonds. The fraction of sp³-hybridized carbons (Fsp3) is 0.0909. The summed E-state index contributed by atoms with van der Waals surface area (Å²) in [5.74, 6) is -0.813. The van der Waals surface area contributed by atoms with E-state index in [9.17, 15) is 9.18 Å². The second-order valence-corrected chi connectivity index (χ2v) is 5.21. The molecule has 18 heavy (non-hydrogen) atoms. The van der Waals surface area contributed by atoms with Crippen molar-refractivity contribution >= 4 is 38.9 Å². The SMILES string of the molecule is NCc1nc(C(=O)Nc2cc(F)ccc2Br)cs1. The Kier molecular flexibility index (Phi) is 4.05. The van der Waals surface area contributed by atoms with Crippen LogP contribution in [0.2, 0.25) is 0 Å². The summed E-state index contributed by atoms with van der Waals surface area (Å²) in [6.07, 6.45) is 0. The maximum absolute atomic E-state index is 13.1. The molecule has 2 rings (SSSR count). The van der Waals surface area contributed by atoms with Crippen molar-refractivity contribution in [2.24, 2.45) is 5.73 Å². The van der Waals surface area contributed by atoms with Gasteiger partial charge < -0.3 is 11.1 Å². The smallest absolute Gasteiger partial charge is 0.275 e. The Hall–Kier alpha value is -1.31.